The van der Waals surface area contributed by atoms with Gasteiger partial charge in [-0.15, -0.1) is 0 Å². The van der Waals surface area contributed by atoms with Crippen LogP contribution in [0.2, 0.25) is 5.02 Å². The lowest BCUT2D eigenvalue weighted by molar-refractivity contribution is -0.146. The molecule has 23 heavy (non-hydrogen) atoms. The third-order valence-corrected chi connectivity index (χ3v) is 4.82. The number of hydrogen-bond donors (Lipinski definition) is 1. The van der Waals surface area contributed by atoms with Gasteiger partial charge in [0.1, 0.15) is 6.04 Å². The monoisotopic (exact) mass is 338 g/mol. The molecule has 1 fully saturated rings. The molecule has 126 valence electrons. The molecule has 1 N–H and O–H groups in total. The normalized spacial score (nSPS) is 20.0. The van der Waals surface area contributed by atoms with Crippen molar-refractivity contribution in [2.75, 3.05) is 20.1 Å². The Labute approximate surface area is 141 Å². The molecular formula is C17H23ClN2O3. The van der Waals surface area contributed by atoms with Crippen molar-refractivity contribution in [2.45, 2.75) is 38.3 Å². The van der Waals surface area contributed by atoms with E-state index in [1.165, 1.54) is 0 Å². The number of amides is 1. The molecule has 0 aromatic heterocycles. The number of nitrogens with zero attached hydrogens (tertiary/aromatic N) is 2. The van der Waals surface area contributed by atoms with Gasteiger partial charge in [0.25, 0.3) is 0 Å². The fourth-order valence-electron chi connectivity index (χ4n) is 2.93. The molecule has 1 aliphatic rings. The molecule has 1 aromatic carbocycles. The first-order valence-electron chi connectivity index (χ1n) is 7.88. The SMILES string of the molecule is CC(c1ccc(Cl)cc1)N(C)C(=O)CN1CCCCC1C(=O)O. The minimum absolute atomic E-state index is 0.0689. The number of piperidine rings is 1. The summed E-state index contributed by atoms with van der Waals surface area (Å²) >= 11 is 5.89. The molecule has 0 saturated carbocycles. The van der Waals surface area contributed by atoms with Crippen molar-refractivity contribution in [3.63, 3.8) is 0 Å². The van der Waals surface area contributed by atoms with Crippen LogP contribution in [0.5, 0.6) is 0 Å². The molecular weight excluding hydrogens is 316 g/mol. The van der Waals surface area contributed by atoms with E-state index in [-0.39, 0.29) is 18.5 Å². The quantitative estimate of drug-likeness (QED) is 0.896. The molecule has 0 radical (unpaired) electrons. The first-order chi connectivity index (χ1) is 10.9. The summed E-state index contributed by atoms with van der Waals surface area (Å²) in [5.74, 6) is -0.911. The first kappa shape index (κ1) is 17.8. The molecule has 0 aliphatic carbocycles. The third-order valence-electron chi connectivity index (χ3n) is 4.56. The number of rotatable bonds is 5. The smallest absolute Gasteiger partial charge is 0.320 e. The lowest BCUT2D eigenvalue weighted by atomic mass is 10.0. The predicted octanol–water partition coefficient (Wildman–Crippen LogP) is 2.80. The number of hydrogen-bond acceptors (Lipinski definition) is 3. The Morgan fingerprint density at radius 3 is 2.61 bits per heavy atom. The summed E-state index contributed by atoms with van der Waals surface area (Å²) in [5.41, 5.74) is 0.999. The molecule has 1 aliphatic heterocycles. The van der Waals surface area contributed by atoms with Crippen LogP contribution in [0.1, 0.15) is 37.8 Å². The number of carbonyl (C=O) groups is 2. The molecule has 0 bridgehead atoms. The maximum atomic E-state index is 12.5. The fraction of sp³-hybridized carbons (Fsp3) is 0.529. The second kappa shape index (κ2) is 7.79. The largest absolute Gasteiger partial charge is 0.480 e. The van der Waals surface area contributed by atoms with Gasteiger partial charge >= 0.3 is 5.97 Å². The average Bonchev–Trinajstić information content (AvgIpc) is 2.54. The molecule has 1 heterocycles. The summed E-state index contributed by atoms with van der Waals surface area (Å²) in [7, 11) is 1.75. The average molecular weight is 339 g/mol. The van der Waals surface area contributed by atoms with Crippen LogP contribution in [-0.2, 0) is 9.59 Å². The van der Waals surface area contributed by atoms with E-state index in [4.69, 9.17) is 11.6 Å². The molecule has 1 aromatic rings. The topological polar surface area (TPSA) is 60.9 Å². The first-order valence-corrected chi connectivity index (χ1v) is 8.26. The van der Waals surface area contributed by atoms with Crippen LogP contribution in [0.3, 0.4) is 0 Å². The Morgan fingerprint density at radius 1 is 1.35 bits per heavy atom. The van der Waals surface area contributed by atoms with Gasteiger partial charge in [-0.25, -0.2) is 0 Å². The van der Waals surface area contributed by atoms with Gasteiger partial charge in [0.05, 0.1) is 12.6 Å². The minimum atomic E-state index is -0.842. The van der Waals surface area contributed by atoms with Crippen LogP contribution in [0.15, 0.2) is 24.3 Å². The van der Waals surface area contributed by atoms with E-state index in [0.29, 0.717) is 18.0 Å². The van der Waals surface area contributed by atoms with Gasteiger partial charge < -0.3 is 10.0 Å². The van der Waals surface area contributed by atoms with Crippen molar-refractivity contribution >= 4 is 23.5 Å². The van der Waals surface area contributed by atoms with Gasteiger partial charge in [0.15, 0.2) is 0 Å². The van der Waals surface area contributed by atoms with Gasteiger partial charge in [-0.1, -0.05) is 30.2 Å². The molecule has 2 unspecified atom stereocenters. The number of aliphatic carboxylic acids is 1. The van der Waals surface area contributed by atoms with Crippen LogP contribution < -0.4 is 0 Å². The second-order valence-electron chi connectivity index (χ2n) is 6.05. The van der Waals surface area contributed by atoms with Crippen LogP contribution in [-0.4, -0.2) is 53.0 Å². The van der Waals surface area contributed by atoms with Crippen molar-refractivity contribution in [2.24, 2.45) is 0 Å². The van der Waals surface area contributed by atoms with E-state index in [9.17, 15) is 14.7 Å². The number of halogens is 1. The highest BCUT2D eigenvalue weighted by Gasteiger charge is 2.31. The third kappa shape index (κ3) is 4.45. The van der Waals surface area contributed by atoms with E-state index in [1.807, 2.05) is 19.1 Å². The molecule has 5 nitrogen and oxygen atoms in total. The summed E-state index contributed by atoms with van der Waals surface area (Å²) in [6.07, 6.45) is 2.45. The number of likely N-dealkylation sites (N-methyl/N-ethyl adjacent to an activating group) is 1. The number of carboxylic acids is 1. The van der Waals surface area contributed by atoms with Crippen LogP contribution >= 0.6 is 11.6 Å². The predicted molar refractivity (Wildman–Crippen MR) is 89.5 cm³/mol. The molecule has 2 atom stereocenters. The molecule has 1 amide bonds. The fourth-order valence-corrected chi connectivity index (χ4v) is 3.05. The van der Waals surface area contributed by atoms with Crippen molar-refractivity contribution in [3.05, 3.63) is 34.9 Å². The highest BCUT2D eigenvalue weighted by Crippen LogP contribution is 2.22. The van der Waals surface area contributed by atoms with E-state index < -0.39 is 12.0 Å². The number of likely N-dealkylation sites (tertiary alicyclic amines) is 1. The summed E-state index contributed by atoms with van der Waals surface area (Å²) < 4.78 is 0. The van der Waals surface area contributed by atoms with Crippen molar-refractivity contribution in [3.8, 4) is 0 Å². The summed E-state index contributed by atoms with van der Waals surface area (Å²) in [6.45, 7) is 2.75. The second-order valence-corrected chi connectivity index (χ2v) is 6.49. The van der Waals surface area contributed by atoms with Crippen molar-refractivity contribution < 1.29 is 14.7 Å². The highest BCUT2D eigenvalue weighted by molar-refractivity contribution is 6.30. The zero-order valence-electron chi connectivity index (χ0n) is 13.5. The number of carbonyl (C=O) groups excluding carboxylic acids is 1. The summed E-state index contributed by atoms with van der Waals surface area (Å²) in [6, 6.07) is 6.77. The number of benzene rings is 1. The summed E-state index contributed by atoms with van der Waals surface area (Å²) in [5, 5.41) is 9.95. The van der Waals surface area contributed by atoms with E-state index in [2.05, 4.69) is 0 Å². The van der Waals surface area contributed by atoms with Crippen molar-refractivity contribution in [1.29, 1.82) is 0 Å². The van der Waals surface area contributed by atoms with Gasteiger partial charge in [0.2, 0.25) is 5.91 Å². The Hall–Kier alpha value is -1.59. The molecule has 6 heteroatoms. The standard InChI is InChI=1S/C17H23ClN2O3/c1-12(13-6-8-14(18)9-7-13)19(2)16(21)11-20-10-4-3-5-15(20)17(22)23/h6-9,12,15H,3-5,10-11H2,1-2H3,(H,22,23). The zero-order chi connectivity index (χ0) is 17.0. The van der Waals surface area contributed by atoms with E-state index in [0.717, 1.165) is 18.4 Å². The maximum absolute atomic E-state index is 12.5. The lowest BCUT2D eigenvalue weighted by Gasteiger charge is -2.34. The van der Waals surface area contributed by atoms with Crippen LogP contribution in [0.4, 0.5) is 0 Å². The van der Waals surface area contributed by atoms with Crippen molar-refractivity contribution in [1.82, 2.24) is 9.80 Å². The van der Waals surface area contributed by atoms with Crippen LogP contribution in [0.25, 0.3) is 0 Å². The zero-order valence-corrected chi connectivity index (χ0v) is 14.3. The van der Waals surface area contributed by atoms with Crippen LogP contribution in [0, 0.1) is 0 Å². The Kier molecular flexibility index (Phi) is 6.02. The van der Waals surface area contributed by atoms with Gasteiger partial charge in [0, 0.05) is 12.1 Å². The van der Waals surface area contributed by atoms with E-state index in [1.54, 1.807) is 29.0 Å². The van der Waals surface area contributed by atoms with Gasteiger partial charge in [-0.2, -0.15) is 0 Å². The molecule has 2 rings (SSSR count). The molecule has 1 saturated heterocycles. The highest BCUT2D eigenvalue weighted by atomic mass is 35.5. The Bertz CT molecular complexity index is 561. The lowest BCUT2D eigenvalue weighted by Crippen LogP contribution is -2.49. The van der Waals surface area contributed by atoms with E-state index >= 15 is 0 Å². The summed E-state index contributed by atoms with van der Waals surface area (Å²) in [4.78, 5) is 27.3. The maximum Gasteiger partial charge on any atom is 0.320 e. The molecule has 0 spiro atoms. The Morgan fingerprint density at radius 2 is 2.00 bits per heavy atom. The minimum Gasteiger partial charge on any atom is -0.480 e. The van der Waals surface area contributed by atoms with Gasteiger partial charge in [-0.3, -0.25) is 14.5 Å². The Balaban J connectivity index is 2.01. The number of carboxylic acid groups (broad SMARTS) is 1. The van der Waals surface area contributed by atoms with Gasteiger partial charge in [-0.05, 0) is 44.0 Å².